The molecule has 1 nitrogen and oxygen atoms in total. The first-order valence-electron chi connectivity index (χ1n) is 6.38. The Bertz CT molecular complexity index is 473. The van der Waals surface area contributed by atoms with Crippen LogP contribution in [0.2, 0.25) is 0 Å². The van der Waals surface area contributed by atoms with Gasteiger partial charge in [-0.25, -0.2) is 4.98 Å². The predicted molar refractivity (Wildman–Crippen MR) is 75.5 cm³/mol. The summed E-state index contributed by atoms with van der Waals surface area (Å²) in [6, 6.07) is 8.67. The average molecular weight is 245 g/mol. The van der Waals surface area contributed by atoms with Gasteiger partial charge in [0.25, 0.3) is 0 Å². The highest BCUT2D eigenvalue weighted by Gasteiger charge is 2.08. The standard InChI is InChI=1S/C15H19NS/c1-3-5-8-12-9-6-7-10-14(12)15-16-11-13(4-2)17-15/h6-7,9-11H,3-5,8H2,1-2H3. The lowest BCUT2D eigenvalue weighted by atomic mass is 10.0. The normalized spacial score (nSPS) is 10.7. The number of aryl methyl sites for hydroxylation is 2. The van der Waals surface area contributed by atoms with Crippen LogP contribution in [-0.2, 0) is 12.8 Å². The summed E-state index contributed by atoms with van der Waals surface area (Å²) in [4.78, 5) is 5.91. The lowest BCUT2D eigenvalue weighted by molar-refractivity contribution is 0.796. The lowest BCUT2D eigenvalue weighted by Gasteiger charge is -2.05. The highest BCUT2D eigenvalue weighted by molar-refractivity contribution is 7.15. The molecule has 1 aromatic carbocycles. The van der Waals surface area contributed by atoms with Crippen LogP contribution in [0.15, 0.2) is 30.5 Å². The molecule has 0 aliphatic carbocycles. The Kier molecular flexibility index (Phi) is 4.32. The molecule has 0 N–H and O–H groups in total. The fraction of sp³-hybridized carbons (Fsp3) is 0.400. The second kappa shape index (κ2) is 5.97. The van der Waals surface area contributed by atoms with Gasteiger partial charge in [-0.2, -0.15) is 0 Å². The molecule has 0 atom stereocenters. The maximum absolute atomic E-state index is 4.54. The van der Waals surface area contributed by atoms with Crippen LogP contribution in [0.4, 0.5) is 0 Å². The minimum absolute atomic E-state index is 1.08. The van der Waals surface area contributed by atoms with Crippen LogP contribution in [-0.4, -0.2) is 4.98 Å². The summed E-state index contributed by atoms with van der Waals surface area (Å²) in [5.74, 6) is 0. The van der Waals surface area contributed by atoms with Gasteiger partial charge < -0.3 is 0 Å². The molecule has 0 radical (unpaired) electrons. The second-order valence-corrected chi connectivity index (χ2v) is 5.36. The topological polar surface area (TPSA) is 12.9 Å². The number of rotatable bonds is 5. The number of nitrogens with zero attached hydrogens (tertiary/aromatic N) is 1. The number of aromatic nitrogens is 1. The molecule has 0 spiro atoms. The lowest BCUT2D eigenvalue weighted by Crippen LogP contribution is -1.89. The monoisotopic (exact) mass is 245 g/mol. The van der Waals surface area contributed by atoms with E-state index in [0.29, 0.717) is 0 Å². The van der Waals surface area contributed by atoms with Crippen molar-refractivity contribution < 1.29 is 0 Å². The van der Waals surface area contributed by atoms with Crippen molar-refractivity contribution in [1.29, 1.82) is 0 Å². The predicted octanol–water partition coefficient (Wildman–Crippen LogP) is 4.72. The van der Waals surface area contributed by atoms with Crippen LogP contribution in [0.1, 0.15) is 37.1 Å². The van der Waals surface area contributed by atoms with Gasteiger partial charge in [0.2, 0.25) is 0 Å². The number of unbranched alkanes of at least 4 members (excludes halogenated alkanes) is 1. The van der Waals surface area contributed by atoms with Crippen molar-refractivity contribution >= 4 is 11.3 Å². The van der Waals surface area contributed by atoms with E-state index in [1.807, 2.05) is 17.5 Å². The maximum atomic E-state index is 4.54. The molecule has 0 amide bonds. The van der Waals surface area contributed by atoms with E-state index in [-0.39, 0.29) is 0 Å². The summed E-state index contributed by atoms with van der Waals surface area (Å²) in [5, 5.41) is 1.17. The molecule has 17 heavy (non-hydrogen) atoms. The van der Waals surface area contributed by atoms with Crippen LogP contribution in [0.25, 0.3) is 10.6 Å². The Morgan fingerprint density at radius 1 is 1.18 bits per heavy atom. The third-order valence-electron chi connectivity index (χ3n) is 2.95. The number of benzene rings is 1. The van der Waals surface area contributed by atoms with E-state index in [4.69, 9.17) is 0 Å². The molecule has 2 heteroatoms. The van der Waals surface area contributed by atoms with Gasteiger partial charge in [0.1, 0.15) is 5.01 Å². The number of thiazole rings is 1. The molecule has 0 saturated heterocycles. The summed E-state index contributed by atoms with van der Waals surface area (Å²) in [7, 11) is 0. The van der Waals surface area contributed by atoms with Crippen LogP contribution in [0, 0.1) is 0 Å². The Morgan fingerprint density at radius 2 is 2.00 bits per heavy atom. The zero-order chi connectivity index (χ0) is 12.1. The summed E-state index contributed by atoms with van der Waals surface area (Å²) in [6.07, 6.45) is 6.74. The molecular formula is C15H19NS. The van der Waals surface area contributed by atoms with Gasteiger partial charge in [0, 0.05) is 16.6 Å². The van der Waals surface area contributed by atoms with Gasteiger partial charge in [0.15, 0.2) is 0 Å². The molecule has 0 bridgehead atoms. The molecule has 0 unspecified atom stereocenters. The van der Waals surface area contributed by atoms with Crippen molar-refractivity contribution in [2.75, 3.05) is 0 Å². The average Bonchev–Trinajstić information content (AvgIpc) is 2.85. The molecular weight excluding hydrogens is 226 g/mol. The largest absolute Gasteiger partial charge is 0.244 e. The third-order valence-corrected chi connectivity index (χ3v) is 4.12. The Hall–Kier alpha value is -1.15. The first-order valence-corrected chi connectivity index (χ1v) is 7.19. The van der Waals surface area contributed by atoms with Gasteiger partial charge in [0.05, 0.1) is 0 Å². The smallest absolute Gasteiger partial charge is 0.123 e. The van der Waals surface area contributed by atoms with E-state index in [1.54, 1.807) is 0 Å². The van der Waals surface area contributed by atoms with Gasteiger partial charge >= 0.3 is 0 Å². The fourth-order valence-electron chi connectivity index (χ4n) is 1.91. The maximum Gasteiger partial charge on any atom is 0.123 e. The SMILES string of the molecule is CCCCc1ccccc1-c1ncc(CC)s1. The summed E-state index contributed by atoms with van der Waals surface area (Å²) >= 11 is 1.82. The van der Waals surface area contributed by atoms with E-state index in [9.17, 15) is 0 Å². The highest BCUT2D eigenvalue weighted by atomic mass is 32.1. The van der Waals surface area contributed by atoms with E-state index >= 15 is 0 Å². The third kappa shape index (κ3) is 2.95. The van der Waals surface area contributed by atoms with Crippen molar-refractivity contribution in [3.05, 3.63) is 40.9 Å². The minimum Gasteiger partial charge on any atom is -0.244 e. The minimum atomic E-state index is 1.08. The van der Waals surface area contributed by atoms with E-state index < -0.39 is 0 Å². The quantitative estimate of drug-likeness (QED) is 0.743. The van der Waals surface area contributed by atoms with Gasteiger partial charge in [-0.05, 0) is 24.8 Å². The zero-order valence-electron chi connectivity index (χ0n) is 10.6. The zero-order valence-corrected chi connectivity index (χ0v) is 11.4. The summed E-state index contributed by atoms with van der Waals surface area (Å²) in [6.45, 7) is 4.42. The van der Waals surface area contributed by atoms with Gasteiger partial charge in [-0.1, -0.05) is 44.5 Å². The van der Waals surface area contributed by atoms with E-state index in [0.717, 1.165) is 12.8 Å². The van der Waals surface area contributed by atoms with Gasteiger partial charge in [-0.15, -0.1) is 11.3 Å². The van der Waals surface area contributed by atoms with Gasteiger partial charge in [-0.3, -0.25) is 0 Å². The molecule has 0 fully saturated rings. The Morgan fingerprint density at radius 3 is 2.71 bits per heavy atom. The molecule has 1 aromatic heterocycles. The van der Waals surface area contributed by atoms with Crippen molar-refractivity contribution in [2.24, 2.45) is 0 Å². The first-order chi connectivity index (χ1) is 8.35. The molecule has 1 heterocycles. The van der Waals surface area contributed by atoms with E-state index in [1.165, 1.54) is 33.9 Å². The summed E-state index contributed by atoms with van der Waals surface area (Å²) in [5.41, 5.74) is 2.76. The van der Waals surface area contributed by atoms with Crippen molar-refractivity contribution in [3.8, 4) is 10.6 Å². The Labute approximate surface area is 108 Å². The number of hydrogen-bond acceptors (Lipinski definition) is 2. The van der Waals surface area contributed by atoms with Crippen molar-refractivity contribution in [3.63, 3.8) is 0 Å². The van der Waals surface area contributed by atoms with Crippen LogP contribution in [0.5, 0.6) is 0 Å². The van der Waals surface area contributed by atoms with Crippen molar-refractivity contribution in [1.82, 2.24) is 4.98 Å². The summed E-state index contributed by atoms with van der Waals surface area (Å²) < 4.78 is 0. The second-order valence-electron chi connectivity index (χ2n) is 4.25. The fourth-order valence-corrected chi connectivity index (χ4v) is 2.82. The first kappa shape index (κ1) is 12.3. The highest BCUT2D eigenvalue weighted by Crippen LogP contribution is 2.29. The molecule has 2 rings (SSSR count). The van der Waals surface area contributed by atoms with Crippen LogP contribution < -0.4 is 0 Å². The molecule has 90 valence electrons. The van der Waals surface area contributed by atoms with Crippen LogP contribution >= 0.6 is 11.3 Å². The number of hydrogen-bond donors (Lipinski definition) is 0. The Balaban J connectivity index is 2.30. The molecule has 0 aliphatic rings. The van der Waals surface area contributed by atoms with Crippen LogP contribution in [0.3, 0.4) is 0 Å². The molecule has 0 aliphatic heterocycles. The molecule has 2 aromatic rings. The molecule has 0 saturated carbocycles. The van der Waals surface area contributed by atoms with Crippen molar-refractivity contribution in [2.45, 2.75) is 39.5 Å². The van der Waals surface area contributed by atoms with E-state index in [2.05, 4.69) is 43.1 Å².